The lowest BCUT2D eigenvalue weighted by atomic mass is 10.0. The first-order chi connectivity index (χ1) is 7.52. The maximum atomic E-state index is 10.8. The van der Waals surface area contributed by atoms with Crippen LogP contribution >= 0.6 is 11.6 Å². The van der Waals surface area contributed by atoms with Gasteiger partial charge in [-0.3, -0.25) is 10.1 Å². The fourth-order valence-corrected chi connectivity index (χ4v) is 1.52. The molecular weight excluding hydrogens is 236 g/mol. The number of carbonyl (C=O) groups is 1. The van der Waals surface area contributed by atoms with Gasteiger partial charge in [0.15, 0.2) is 0 Å². The highest BCUT2D eigenvalue weighted by Gasteiger charge is 2.22. The second-order valence-electron chi connectivity index (χ2n) is 2.79. The Labute approximate surface area is 94.8 Å². The molecule has 0 saturated carbocycles. The maximum Gasteiger partial charge on any atom is 0.337 e. The zero-order valence-corrected chi connectivity index (χ0v) is 8.56. The highest BCUT2D eigenvalue weighted by atomic mass is 35.5. The lowest BCUT2D eigenvalue weighted by Crippen LogP contribution is -2.05. The zero-order valence-electron chi connectivity index (χ0n) is 7.81. The topological polar surface area (TPSA) is 104 Å². The molecule has 1 aromatic carbocycles. The zero-order chi connectivity index (χ0) is 12.3. The molecule has 1 rings (SSSR count). The number of aromatic carboxylic acids is 1. The van der Waals surface area contributed by atoms with Crippen molar-refractivity contribution in [1.82, 2.24) is 0 Å². The summed E-state index contributed by atoms with van der Waals surface area (Å²) in [6.07, 6.45) is 0. The van der Waals surface area contributed by atoms with Crippen LogP contribution in [0.25, 0.3) is 0 Å². The first-order valence-electron chi connectivity index (χ1n) is 4.02. The van der Waals surface area contributed by atoms with E-state index < -0.39 is 10.9 Å². The van der Waals surface area contributed by atoms with Gasteiger partial charge in [0.05, 0.1) is 27.5 Å². The quantitative estimate of drug-likeness (QED) is 0.494. The second kappa shape index (κ2) is 4.59. The predicted octanol–water partition coefficient (Wildman–Crippen LogP) is 1.90. The Kier molecular flexibility index (Phi) is 3.43. The molecule has 0 radical (unpaired) electrons. The molecule has 0 aliphatic carbocycles. The summed E-state index contributed by atoms with van der Waals surface area (Å²) in [5.41, 5.74) is -0.980. The summed E-state index contributed by atoms with van der Waals surface area (Å²) < 4.78 is 0. The van der Waals surface area contributed by atoms with Gasteiger partial charge in [-0.15, -0.1) is 11.6 Å². The minimum Gasteiger partial charge on any atom is -0.478 e. The number of carboxylic acid groups (broad SMARTS) is 1. The fourth-order valence-electron chi connectivity index (χ4n) is 1.25. The first kappa shape index (κ1) is 11.9. The monoisotopic (exact) mass is 240 g/mol. The summed E-state index contributed by atoms with van der Waals surface area (Å²) >= 11 is 5.49. The Morgan fingerprint density at radius 3 is 2.62 bits per heavy atom. The number of hydrogen-bond donors (Lipinski definition) is 1. The number of nitrogens with zero attached hydrogens (tertiary/aromatic N) is 2. The lowest BCUT2D eigenvalue weighted by Gasteiger charge is -2.04. The Morgan fingerprint density at radius 1 is 1.62 bits per heavy atom. The molecule has 6 nitrogen and oxygen atoms in total. The van der Waals surface area contributed by atoms with Gasteiger partial charge in [0.1, 0.15) is 6.07 Å². The first-order valence-corrected chi connectivity index (χ1v) is 4.56. The van der Waals surface area contributed by atoms with E-state index in [9.17, 15) is 14.9 Å². The highest BCUT2D eigenvalue weighted by Crippen LogP contribution is 2.26. The van der Waals surface area contributed by atoms with Gasteiger partial charge in [-0.25, -0.2) is 4.79 Å². The van der Waals surface area contributed by atoms with E-state index in [0.29, 0.717) is 0 Å². The SMILES string of the molecule is N#Cc1c(C(=O)O)ccc([N+](=O)[O-])c1CCl. The normalized spacial score (nSPS) is 9.50. The minimum atomic E-state index is -1.32. The molecule has 16 heavy (non-hydrogen) atoms. The van der Waals surface area contributed by atoms with Crippen molar-refractivity contribution in [2.45, 2.75) is 5.88 Å². The van der Waals surface area contributed by atoms with Crippen LogP contribution in [0, 0.1) is 21.4 Å². The van der Waals surface area contributed by atoms with Crippen LogP contribution < -0.4 is 0 Å². The molecule has 0 unspecified atom stereocenters. The summed E-state index contributed by atoms with van der Waals surface area (Å²) in [6.45, 7) is 0. The van der Waals surface area contributed by atoms with E-state index in [1.807, 2.05) is 0 Å². The number of nitro groups is 1. The predicted molar refractivity (Wildman–Crippen MR) is 54.3 cm³/mol. The van der Waals surface area contributed by atoms with E-state index in [0.717, 1.165) is 12.1 Å². The molecule has 1 aromatic rings. The summed E-state index contributed by atoms with van der Waals surface area (Å²) in [4.78, 5) is 20.7. The van der Waals surface area contributed by atoms with Gasteiger partial charge >= 0.3 is 5.97 Å². The van der Waals surface area contributed by atoms with Crippen LogP contribution in [0.1, 0.15) is 21.5 Å². The summed E-state index contributed by atoms with van der Waals surface area (Å²) in [6, 6.07) is 3.67. The van der Waals surface area contributed by atoms with Crippen LogP contribution in [0.5, 0.6) is 0 Å². The third-order valence-corrected chi connectivity index (χ3v) is 2.23. The lowest BCUT2D eigenvalue weighted by molar-refractivity contribution is -0.385. The number of carboxylic acids is 1. The van der Waals surface area contributed by atoms with Gasteiger partial charge in [0, 0.05) is 6.07 Å². The minimum absolute atomic E-state index is 0.0749. The van der Waals surface area contributed by atoms with Crippen molar-refractivity contribution in [3.63, 3.8) is 0 Å². The Hall–Kier alpha value is -2.13. The van der Waals surface area contributed by atoms with E-state index in [1.165, 1.54) is 0 Å². The highest BCUT2D eigenvalue weighted by molar-refractivity contribution is 6.17. The molecule has 0 bridgehead atoms. The Balaban J connectivity index is 3.60. The van der Waals surface area contributed by atoms with Crippen LogP contribution in [0.15, 0.2) is 12.1 Å². The summed E-state index contributed by atoms with van der Waals surface area (Å²) in [5, 5.41) is 28.2. The van der Waals surface area contributed by atoms with Gasteiger partial charge < -0.3 is 5.11 Å². The van der Waals surface area contributed by atoms with Gasteiger partial charge in [-0.05, 0) is 6.07 Å². The molecule has 7 heteroatoms. The maximum absolute atomic E-state index is 10.8. The third-order valence-electron chi connectivity index (χ3n) is 1.96. The van der Waals surface area contributed by atoms with Crippen LogP contribution in [0.4, 0.5) is 5.69 Å². The van der Waals surface area contributed by atoms with Gasteiger partial charge in [-0.2, -0.15) is 5.26 Å². The van der Waals surface area contributed by atoms with E-state index >= 15 is 0 Å². The van der Waals surface area contributed by atoms with Gasteiger partial charge in [0.2, 0.25) is 0 Å². The molecule has 0 spiro atoms. The summed E-state index contributed by atoms with van der Waals surface area (Å²) in [7, 11) is 0. The molecule has 0 atom stereocenters. The number of benzene rings is 1. The van der Waals surface area contributed by atoms with Crippen LogP contribution in [0.3, 0.4) is 0 Å². The smallest absolute Gasteiger partial charge is 0.337 e. The molecule has 1 N–H and O–H groups in total. The van der Waals surface area contributed by atoms with Crippen LogP contribution in [-0.2, 0) is 5.88 Å². The second-order valence-corrected chi connectivity index (χ2v) is 3.06. The largest absolute Gasteiger partial charge is 0.478 e. The van der Waals surface area contributed by atoms with E-state index in [4.69, 9.17) is 22.0 Å². The molecular formula is C9H5ClN2O4. The van der Waals surface area contributed by atoms with Crippen molar-refractivity contribution in [3.05, 3.63) is 38.9 Å². The van der Waals surface area contributed by atoms with Crippen molar-refractivity contribution >= 4 is 23.3 Å². The van der Waals surface area contributed by atoms with Crippen molar-refractivity contribution < 1.29 is 14.8 Å². The van der Waals surface area contributed by atoms with Crippen LogP contribution in [-0.4, -0.2) is 16.0 Å². The Morgan fingerprint density at radius 2 is 2.25 bits per heavy atom. The molecule has 0 amide bonds. The number of hydrogen-bond acceptors (Lipinski definition) is 4. The molecule has 0 aromatic heterocycles. The van der Waals surface area contributed by atoms with Crippen molar-refractivity contribution in [1.29, 1.82) is 5.26 Å². The molecule has 0 fully saturated rings. The molecule has 0 heterocycles. The summed E-state index contributed by atoms with van der Waals surface area (Å²) in [5.74, 6) is -1.61. The average Bonchev–Trinajstić information content (AvgIpc) is 2.26. The molecule has 82 valence electrons. The van der Waals surface area contributed by atoms with E-state index in [2.05, 4.69) is 0 Å². The van der Waals surface area contributed by atoms with Crippen molar-refractivity contribution in [3.8, 4) is 6.07 Å². The van der Waals surface area contributed by atoms with Gasteiger partial charge in [0.25, 0.3) is 5.69 Å². The number of nitro benzene ring substituents is 1. The van der Waals surface area contributed by atoms with E-state index in [1.54, 1.807) is 6.07 Å². The van der Waals surface area contributed by atoms with Gasteiger partial charge in [-0.1, -0.05) is 0 Å². The van der Waals surface area contributed by atoms with E-state index in [-0.39, 0.29) is 28.3 Å². The number of rotatable bonds is 3. The molecule has 0 saturated heterocycles. The molecule has 0 aliphatic heterocycles. The van der Waals surface area contributed by atoms with Crippen LogP contribution in [0.2, 0.25) is 0 Å². The Bertz CT molecular complexity index is 507. The standard InChI is InChI=1S/C9H5ClN2O4/c10-3-6-7(4-11)5(9(13)14)1-2-8(6)12(15)16/h1-2H,3H2,(H,13,14). The molecule has 0 aliphatic rings. The number of alkyl halides is 1. The fraction of sp³-hybridized carbons (Fsp3) is 0.111. The third kappa shape index (κ3) is 1.94. The average molecular weight is 241 g/mol. The van der Waals surface area contributed by atoms with Crippen molar-refractivity contribution in [2.75, 3.05) is 0 Å². The number of nitriles is 1. The number of halogens is 1. The van der Waals surface area contributed by atoms with Crippen molar-refractivity contribution in [2.24, 2.45) is 0 Å².